The SMILES string of the molecule is NC(=O)C1(c2ccccc2)CCN(CC[C@@]2(c3ccc(Cl)c(Cl)c3)CN(C(=O)c3cc4ccccc4[nH]3)CO2)CC1. The summed E-state index contributed by atoms with van der Waals surface area (Å²) in [5.41, 5.74) is 7.84. The van der Waals surface area contributed by atoms with Gasteiger partial charge in [-0.05, 0) is 67.7 Å². The Morgan fingerprint density at radius 2 is 1.63 bits per heavy atom. The highest BCUT2D eigenvalue weighted by molar-refractivity contribution is 6.42. The predicted molar refractivity (Wildman–Crippen MR) is 161 cm³/mol. The van der Waals surface area contributed by atoms with E-state index in [1.165, 1.54) is 0 Å². The maximum atomic E-state index is 13.5. The fourth-order valence-corrected chi connectivity index (χ4v) is 6.57. The van der Waals surface area contributed by atoms with E-state index in [-0.39, 0.29) is 18.5 Å². The van der Waals surface area contributed by atoms with Gasteiger partial charge in [-0.3, -0.25) is 9.59 Å². The van der Waals surface area contributed by atoms with Crippen LogP contribution in [0.15, 0.2) is 78.9 Å². The highest BCUT2D eigenvalue weighted by atomic mass is 35.5. The summed E-state index contributed by atoms with van der Waals surface area (Å²) in [6, 6.07) is 25.1. The van der Waals surface area contributed by atoms with Crippen molar-refractivity contribution in [3.05, 3.63) is 106 Å². The van der Waals surface area contributed by atoms with Crippen LogP contribution in [0.1, 0.15) is 40.9 Å². The van der Waals surface area contributed by atoms with Crippen molar-refractivity contribution in [3.63, 3.8) is 0 Å². The van der Waals surface area contributed by atoms with E-state index in [0.29, 0.717) is 41.5 Å². The van der Waals surface area contributed by atoms with Gasteiger partial charge in [0.1, 0.15) is 18.0 Å². The third kappa shape index (κ3) is 5.24. The van der Waals surface area contributed by atoms with Crippen LogP contribution in [0.2, 0.25) is 10.0 Å². The number of fused-ring (bicyclic) bond motifs is 1. The molecule has 2 aliphatic rings. The van der Waals surface area contributed by atoms with E-state index in [1.54, 1.807) is 11.0 Å². The molecule has 0 saturated carbocycles. The zero-order valence-corrected chi connectivity index (χ0v) is 24.1. The van der Waals surface area contributed by atoms with Crippen molar-refractivity contribution in [1.29, 1.82) is 0 Å². The number of para-hydroxylation sites is 1. The molecule has 0 aliphatic carbocycles. The molecule has 2 fully saturated rings. The highest BCUT2D eigenvalue weighted by Gasteiger charge is 2.45. The van der Waals surface area contributed by atoms with Crippen molar-refractivity contribution >= 4 is 45.9 Å². The summed E-state index contributed by atoms with van der Waals surface area (Å²) >= 11 is 12.7. The average Bonchev–Trinajstić information content (AvgIpc) is 3.63. The van der Waals surface area contributed by atoms with E-state index in [9.17, 15) is 9.59 Å². The number of nitrogens with zero attached hydrogens (tertiary/aromatic N) is 2. The number of hydrogen-bond donors (Lipinski definition) is 2. The number of nitrogens with one attached hydrogen (secondary N) is 1. The number of primary amides is 1. The lowest BCUT2D eigenvalue weighted by Gasteiger charge is -2.41. The molecule has 41 heavy (non-hydrogen) atoms. The van der Waals surface area contributed by atoms with Crippen molar-refractivity contribution in [2.24, 2.45) is 5.73 Å². The van der Waals surface area contributed by atoms with Crippen LogP contribution < -0.4 is 5.73 Å². The van der Waals surface area contributed by atoms with Crippen molar-refractivity contribution in [3.8, 4) is 0 Å². The molecule has 0 bridgehead atoms. The fraction of sp³-hybridized carbons (Fsp3) is 0.312. The van der Waals surface area contributed by atoms with E-state index in [2.05, 4.69) is 9.88 Å². The van der Waals surface area contributed by atoms with Gasteiger partial charge in [0.25, 0.3) is 5.91 Å². The number of amides is 2. The van der Waals surface area contributed by atoms with Crippen LogP contribution in [0.25, 0.3) is 10.9 Å². The molecule has 0 unspecified atom stereocenters. The van der Waals surface area contributed by atoms with Crippen LogP contribution >= 0.6 is 23.2 Å². The van der Waals surface area contributed by atoms with Crippen molar-refractivity contribution in [1.82, 2.24) is 14.8 Å². The smallest absolute Gasteiger partial charge is 0.272 e. The summed E-state index contributed by atoms with van der Waals surface area (Å²) < 4.78 is 6.48. The molecule has 6 rings (SSSR count). The first-order chi connectivity index (χ1) is 19.8. The second kappa shape index (κ2) is 11.1. The van der Waals surface area contributed by atoms with E-state index < -0.39 is 11.0 Å². The molecular formula is C32H32Cl2N4O3. The molecule has 3 aromatic carbocycles. The number of H-pyrrole nitrogens is 1. The number of piperidine rings is 1. The van der Waals surface area contributed by atoms with Gasteiger partial charge >= 0.3 is 0 Å². The van der Waals surface area contributed by atoms with E-state index >= 15 is 0 Å². The zero-order chi connectivity index (χ0) is 28.6. The number of carbonyl (C=O) groups excluding carboxylic acids is 2. The second-order valence-corrected chi connectivity index (χ2v) is 11.9. The number of nitrogens with two attached hydrogens (primary N) is 1. The molecule has 2 amide bonds. The molecule has 9 heteroatoms. The van der Waals surface area contributed by atoms with Gasteiger partial charge in [0.15, 0.2) is 0 Å². The van der Waals surface area contributed by atoms with Gasteiger partial charge in [-0.15, -0.1) is 0 Å². The van der Waals surface area contributed by atoms with Crippen molar-refractivity contribution in [2.75, 3.05) is 32.9 Å². The number of ether oxygens (including phenoxy) is 1. The summed E-state index contributed by atoms with van der Waals surface area (Å²) in [4.78, 5) is 33.5. The number of carbonyl (C=O) groups is 2. The van der Waals surface area contributed by atoms with Crippen LogP contribution in [-0.4, -0.2) is 59.5 Å². The normalized spacial score (nSPS) is 20.9. The Balaban J connectivity index is 1.20. The Kier molecular flexibility index (Phi) is 7.55. The molecule has 0 radical (unpaired) electrons. The molecule has 2 saturated heterocycles. The quantitative estimate of drug-likeness (QED) is 0.288. The fourth-order valence-electron chi connectivity index (χ4n) is 6.27. The van der Waals surface area contributed by atoms with Crippen LogP contribution in [0.3, 0.4) is 0 Å². The summed E-state index contributed by atoms with van der Waals surface area (Å²) in [6.45, 7) is 2.72. The number of halogens is 2. The number of benzene rings is 3. The molecule has 1 atom stereocenters. The first-order valence-electron chi connectivity index (χ1n) is 13.8. The molecule has 7 nitrogen and oxygen atoms in total. The molecule has 212 valence electrons. The monoisotopic (exact) mass is 590 g/mol. The van der Waals surface area contributed by atoms with Crippen molar-refractivity contribution in [2.45, 2.75) is 30.3 Å². The average molecular weight is 592 g/mol. The molecule has 3 heterocycles. The lowest BCUT2D eigenvalue weighted by molar-refractivity contribution is -0.125. The largest absolute Gasteiger partial charge is 0.369 e. The minimum atomic E-state index is -0.756. The van der Waals surface area contributed by atoms with Gasteiger partial charge < -0.3 is 25.3 Å². The van der Waals surface area contributed by atoms with E-state index in [4.69, 9.17) is 33.7 Å². The molecule has 0 spiro atoms. The van der Waals surface area contributed by atoms with Crippen LogP contribution in [-0.2, 0) is 20.5 Å². The maximum absolute atomic E-state index is 13.5. The Labute approximate surface area is 249 Å². The van der Waals surface area contributed by atoms with Gasteiger partial charge in [0, 0.05) is 17.4 Å². The third-order valence-corrected chi connectivity index (χ3v) is 9.51. The number of hydrogen-bond acceptors (Lipinski definition) is 4. The minimum Gasteiger partial charge on any atom is -0.369 e. The van der Waals surface area contributed by atoms with E-state index in [1.807, 2.05) is 72.8 Å². The Morgan fingerprint density at radius 1 is 0.902 bits per heavy atom. The molecular weight excluding hydrogens is 559 g/mol. The minimum absolute atomic E-state index is 0.116. The van der Waals surface area contributed by atoms with E-state index in [0.717, 1.165) is 41.7 Å². The lowest BCUT2D eigenvalue weighted by atomic mass is 9.72. The van der Waals surface area contributed by atoms with Gasteiger partial charge in [-0.25, -0.2) is 0 Å². The van der Waals surface area contributed by atoms with Gasteiger partial charge in [-0.2, -0.15) is 0 Å². The third-order valence-electron chi connectivity index (χ3n) is 8.78. The van der Waals surface area contributed by atoms with Crippen LogP contribution in [0, 0.1) is 0 Å². The Morgan fingerprint density at radius 3 is 2.34 bits per heavy atom. The van der Waals surface area contributed by atoms with Crippen LogP contribution in [0.4, 0.5) is 0 Å². The predicted octanol–water partition coefficient (Wildman–Crippen LogP) is 5.71. The first kappa shape index (κ1) is 27.8. The van der Waals surface area contributed by atoms with Gasteiger partial charge in [0.05, 0.1) is 22.0 Å². The van der Waals surface area contributed by atoms with Gasteiger partial charge in [0.2, 0.25) is 5.91 Å². The van der Waals surface area contributed by atoms with Gasteiger partial charge in [-0.1, -0.05) is 77.8 Å². The summed E-state index contributed by atoms with van der Waals surface area (Å²) in [5, 5.41) is 1.90. The number of aromatic amines is 1. The summed E-state index contributed by atoms with van der Waals surface area (Å²) in [5.74, 6) is -0.393. The molecule has 2 aliphatic heterocycles. The summed E-state index contributed by atoms with van der Waals surface area (Å²) in [6.07, 6.45) is 1.94. The first-order valence-corrected chi connectivity index (χ1v) is 14.6. The number of likely N-dealkylation sites (tertiary alicyclic amines) is 1. The molecule has 3 N–H and O–H groups in total. The zero-order valence-electron chi connectivity index (χ0n) is 22.6. The topological polar surface area (TPSA) is 91.7 Å². The Hall–Kier alpha value is -3.36. The molecule has 4 aromatic rings. The van der Waals surface area contributed by atoms with Crippen LogP contribution in [0.5, 0.6) is 0 Å². The summed E-state index contributed by atoms with van der Waals surface area (Å²) in [7, 11) is 0. The maximum Gasteiger partial charge on any atom is 0.272 e. The van der Waals surface area contributed by atoms with Crippen molar-refractivity contribution < 1.29 is 14.3 Å². The molecule has 1 aromatic heterocycles. The Bertz CT molecular complexity index is 1550. The standard InChI is InChI=1S/C32H32Cl2N4O3/c33-25-11-10-24(19-26(25)34)32(20-38(21-41-32)29(39)28-18-22-6-4-5-9-27(22)36-28)14-17-37-15-12-31(13-16-37,30(35)40)23-7-2-1-3-8-23/h1-11,18-19,36H,12-17,20-21H2,(H2,35,40)/t32-/m0/s1. The number of rotatable bonds is 7. The number of aromatic nitrogens is 1. The lowest BCUT2D eigenvalue weighted by Crippen LogP contribution is -2.50. The second-order valence-electron chi connectivity index (χ2n) is 11.1. The highest BCUT2D eigenvalue weighted by Crippen LogP contribution is 2.40.